The Morgan fingerprint density at radius 3 is 2.43 bits per heavy atom. The van der Waals surface area contributed by atoms with Gasteiger partial charge in [-0.1, -0.05) is 0 Å². The summed E-state index contributed by atoms with van der Waals surface area (Å²) in [7, 11) is 0. The number of piperidine rings is 1. The third-order valence-corrected chi connectivity index (χ3v) is 2.38. The third-order valence-electron chi connectivity index (χ3n) is 2.38. The molecular weight excluding hydrogens is 188 g/mol. The van der Waals surface area contributed by atoms with E-state index in [2.05, 4.69) is 5.32 Å². The van der Waals surface area contributed by atoms with Crippen LogP contribution in [0.3, 0.4) is 0 Å². The first-order valence-corrected chi connectivity index (χ1v) is 4.22. The molecule has 1 fully saturated rings. The van der Waals surface area contributed by atoms with Crippen molar-refractivity contribution < 1.29 is 19.8 Å². The van der Waals surface area contributed by atoms with E-state index in [1.54, 1.807) is 0 Å². The van der Waals surface area contributed by atoms with Crippen molar-refractivity contribution in [2.24, 2.45) is 11.7 Å². The van der Waals surface area contributed by atoms with Crippen molar-refractivity contribution in [1.82, 2.24) is 5.32 Å². The summed E-state index contributed by atoms with van der Waals surface area (Å²) in [5, 5.41) is 21.7. The number of carbonyl (C=O) groups excluding carboxylic acids is 2. The molecule has 1 aliphatic rings. The third kappa shape index (κ3) is 1.71. The Morgan fingerprint density at radius 1 is 1.57 bits per heavy atom. The predicted molar refractivity (Wildman–Crippen MR) is 46.7 cm³/mol. The molecule has 0 aromatic heterocycles. The van der Waals surface area contributed by atoms with Gasteiger partial charge in [0.1, 0.15) is 11.6 Å². The van der Waals surface area contributed by atoms with Gasteiger partial charge in [0.15, 0.2) is 0 Å². The van der Waals surface area contributed by atoms with Crippen LogP contribution in [0.25, 0.3) is 0 Å². The molecule has 0 unspecified atom stereocenters. The fourth-order valence-electron chi connectivity index (χ4n) is 2.01. The zero-order chi connectivity index (χ0) is 11.1. The second-order valence-electron chi connectivity index (χ2n) is 4.07. The number of nitrogens with one attached hydrogen (secondary N) is 1. The molecule has 1 aliphatic heterocycles. The standard InChI is InChI=1S/C8H14N2O4/c1-7(13)3-4(11)10-8(2,14)5(7)6(9)12/h5,13-14H,3H2,1-2H3,(H2,9,12)(H,10,11)/t5-,7+,8-/m1/s1. The summed E-state index contributed by atoms with van der Waals surface area (Å²) < 4.78 is 0. The average Bonchev–Trinajstić information content (AvgIpc) is 1.75. The van der Waals surface area contributed by atoms with E-state index in [0.717, 1.165) is 0 Å². The predicted octanol–water partition coefficient (Wildman–Crippen LogP) is -1.93. The number of hydrogen-bond donors (Lipinski definition) is 4. The fourth-order valence-corrected chi connectivity index (χ4v) is 2.01. The Kier molecular flexibility index (Phi) is 2.29. The van der Waals surface area contributed by atoms with Crippen molar-refractivity contribution in [3.8, 4) is 0 Å². The van der Waals surface area contributed by atoms with Crippen molar-refractivity contribution in [2.75, 3.05) is 0 Å². The summed E-state index contributed by atoms with van der Waals surface area (Å²) in [6, 6.07) is 0. The molecule has 1 heterocycles. The number of rotatable bonds is 1. The van der Waals surface area contributed by atoms with Gasteiger partial charge in [0, 0.05) is 0 Å². The Balaban J connectivity index is 3.09. The lowest BCUT2D eigenvalue weighted by Gasteiger charge is -2.44. The summed E-state index contributed by atoms with van der Waals surface area (Å²) in [4.78, 5) is 22.1. The van der Waals surface area contributed by atoms with Gasteiger partial charge < -0.3 is 21.3 Å². The first kappa shape index (κ1) is 10.9. The van der Waals surface area contributed by atoms with E-state index >= 15 is 0 Å². The summed E-state index contributed by atoms with van der Waals surface area (Å²) in [5.74, 6) is -2.58. The molecule has 0 spiro atoms. The summed E-state index contributed by atoms with van der Waals surface area (Å²) in [5.41, 5.74) is 1.64. The Hall–Kier alpha value is -1.14. The average molecular weight is 202 g/mol. The molecule has 0 bridgehead atoms. The van der Waals surface area contributed by atoms with Crippen molar-refractivity contribution >= 4 is 11.8 Å². The Bertz CT molecular complexity index is 265. The second kappa shape index (κ2) is 2.93. The minimum Gasteiger partial charge on any atom is -0.389 e. The zero-order valence-electron chi connectivity index (χ0n) is 8.07. The van der Waals surface area contributed by atoms with Crippen LogP contribution in [0.5, 0.6) is 0 Å². The smallest absolute Gasteiger partial charge is 0.228 e. The Labute approximate surface area is 81.1 Å². The minimum absolute atomic E-state index is 0.253. The first-order valence-electron chi connectivity index (χ1n) is 4.22. The van der Waals surface area contributed by atoms with Crippen LogP contribution in [0.15, 0.2) is 0 Å². The molecule has 6 heteroatoms. The van der Waals surface area contributed by atoms with E-state index in [-0.39, 0.29) is 6.42 Å². The highest BCUT2D eigenvalue weighted by atomic mass is 16.3. The number of aliphatic hydroxyl groups is 2. The molecule has 80 valence electrons. The lowest BCUT2D eigenvalue weighted by molar-refractivity contribution is -0.177. The number of hydrogen-bond acceptors (Lipinski definition) is 4. The van der Waals surface area contributed by atoms with Gasteiger partial charge in [0.2, 0.25) is 11.8 Å². The van der Waals surface area contributed by atoms with Crippen LogP contribution in [0.4, 0.5) is 0 Å². The monoisotopic (exact) mass is 202 g/mol. The lowest BCUT2D eigenvalue weighted by atomic mass is 9.75. The lowest BCUT2D eigenvalue weighted by Crippen LogP contribution is -2.67. The number of carbonyl (C=O) groups is 2. The maximum Gasteiger partial charge on any atom is 0.228 e. The highest BCUT2D eigenvalue weighted by molar-refractivity contribution is 5.86. The molecule has 1 saturated heterocycles. The summed E-state index contributed by atoms with van der Waals surface area (Å²) in [6.07, 6.45) is -0.253. The van der Waals surface area contributed by atoms with Gasteiger partial charge in [-0.3, -0.25) is 9.59 Å². The van der Waals surface area contributed by atoms with Gasteiger partial charge in [0.25, 0.3) is 0 Å². The van der Waals surface area contributed by atoms with Crippen LogP contribution in [-0.2, 0) is 9.59 Å². The van der Waals surface area contributed by atoms with Crippen LogP contribution >= 0.6 is 0 Å². The van der Waals surface area contributed by atoms with Crippen LogP contribution < -0.4 is 11.1 Å². The molecule has 14 heavy (non-hydrogen) atoms. The minimum atomic E-state index is -1.80. The van der Waals surface area contributed by atoms with Crippen LogP contribution in [0, 0.1) is 5.92 Å². The van der Waals surface area contributed by atoms with E-state index in [1.165, 1.54) is 13.8 Å². The number of amides is 2. The van der Waals surface area contributed by atoms with Crippen LogP contribution in [0.1, 0.15) is 20.3 Å². The zero-order valence-corrected chi connectivity index (χ0v) is 8.07. The van der Waals surface area contributed by atoms with Gasteiger partial charge in [-0.25, -0.2) is 0 Å². The van der Waals surface area contributed by atoms with Gasteiger partial charge in [-0.2, -0.15) is 0 Å². The van der Waals surface area contributed by atoms with Gasteiger partial charge in [-0.15, -0.1) is 0 Å². The first-order chi connectivity index (χ1) is 6.17. The largest absolute Gasteiger partial charge is 0.389 e. The molecule has 5 N–H and O–H groups in total. The molecular formula is C8H14N2O4. The highest BCUT2D eigenvalue weighted by Gasteiger charge is 2.53. The van der Waals surface area contributed by atoms with Crippen molar-refractivity contribution in [3.05, 3.63) is 0 Å². The SMILES string of the molecule is C[C@]1(O)CC(=O)N[C@](C)(O)[C@@H]1C(N)=O. The quantitative estimate of drug-likeness (QED) is 0.396. The van der Waals surface area contributed by atoms with Crippen molar-refractivity contribution in [3.63, 3.8) is 0 Å². The summed E-state index contributed by atoms with van der Waals surface area (Å²) in [6.45, 7) is 2.53. The van der Waals surface area contributed by atoms with E-state index in [4.69, 9.17) is 5.73 Å². The molecule has 2 amide bonds. The number of primary amides is 1. The van der Waals surface area contributed by atoms with E-state index in [9.17, 15) is 19.8 Å². The van der Waals surface area contributed by atoms with Crippen LogP contribution in [-0.4, -0.2) is 33.4 Å². The van der Waals surface area contributed by atoms with E-state index in [1.807, 2.05) is 0 Å². The highest BCUT2D eigenvalue weighted by Crippen LogP contribution is 2.33. The fraction of sp³-hybridized carbons (Fsp3) is 0.750. The van der Waals surface area contributed by atoms with Gasteiger partial charge >= 0.3 is 0 Å². The second-order valence-corrected chi connectivity index (χ2v) is 4.07. The van der Waals surface area contributed by atoms with E-state index < -0.39 is 29.1 Å². The maximum atomic E-state index is 11.1. The topological polar surface area (TPSA) is 113 Å². The van der Waals surface area contributed by atoms with Crippen LogP contribution in [0.2, 0.25) is 0 Å². The molecule has 0 radical (unpaired) electrons. The normalized spacial score (nSPS) is 43.1. The van der Waals surface area contributed by atoms with Gasteiger partial charge in [0.05, 0.1) is 12.0 Å². The summed E-state index contributed by atoms with van der Waals surface area (Å²) >= 11 is 0. The Morgan fingerprint density at radius 2 is 2.07 bits per heavy atom. The molecule has 3 atom stereocenters. The molecule has 0 aromatic rings. The molecule has 0 saturated carbocycles. The van der Waals surface area contributed by atoms with Crippen molar-refractivity contribution in [1.29, 1.82) is 0 Å². The molecule has 0 aromatic carbocycles. The van der Waals surface area contributed by atoms with E-state index in [0.29, 0.717) is 0 Å². The maximum absolute atomic E-state index is 11.1. The molecule has 6 nitrogen and oxygen atoms in total. The number of nitrogens with two attached hydrogens (primary N) is 1. The van der Waals surface area contributed by atoms with Gasteiger partial charge in [-0.05, 0) is 13.8 Å². The van der Waals surface area contributed by atoms with Crippen molar-refractivity contribution in [2.45, 2.75) is 31.6 Å². The molecule has 1 rings (SSSR count). The molecule has 0 aliphatic carbocycles.